The van der Waals surface area contributed by atoms with Crippen LogP contribution in [0, 0.1) is 3.57 Å². The third-order valence-electron chi connectivity index (χ3n) is 4.01. The normalized spacial score (nSPS) is 12.0. The number of nitrogens with zero attached hydrogens (tertiary/aromatic N) is 1. The number of hydrazone groups is 1. The number of hydrogen-bond donors (Lipinski definition) is 1. The van der Waals surface area contributed by atoms with Crippen LogP contribution >= 0.6 is 22.6 Å². The topological polar surface area (TPSA) is 59.9 Å². The Hall–Kier alpha value is -2.09. The summed E-state index contributed by atoms with van der Waals surface area (Å²) in [5.41, 5.74) is 4.60. The van der Waals surface area contributed by atoms with E-state index in [9.17, 15) is 4.79 Å². The van der Waals surface area contributed by atoms with Gasteiger partial charge in [-0.05, 0) is 76.4 Å². The SMILES string of the molecule is CCC(C)c1ccc(OCC(=O)N/N=C\c2ccc(OC)c(I)c2)cc1. The molecular formula is C20H23IN2O3. The molecule has 2 rings (SSSR count). The molecule has 0 aliphatic heterocycles. The molecule has 6 heteroatoms. The van der Waals surface area contributed by atoms with Crippen molar-refractivity contribution in [2.75, 3.05) is 13.7 Å². The maximum absolute atomic E-state index is 11.8. The molecule has 0 saturated carbocycles. The zero-order valence-electron chi connectivity index (χ0n) is 15.2. The lowest BCUT2D eigenvalue weighted by atomic mass is 9.99. The number of rotatable bonds is 8. The van der Waals surface area contributed by atoms with E-state index in [-0.39, 0.29) is 12.5 Å². The Morgan fingerprint density at radius 1 is 1.27 bits per heavy atom. The van der Waals surface area contributed by atoms with Crippen molar-refractivity contribution in [3.05, 3.63) is 57.2 Å². The molecule has 1 N–H and O–H groups in total. The van der Waals surface area contributed by atoms with Crippen molar-refractivity contribution in [1.29, 1.82) is 0 Å². The van der Waals surface area contributed by atoms with Gasteiger partial charge in [0.05, 0.1) is 16.9 Å². The fourth-order valence-electron chi connectivity index (χ4n) is 2.25. The van der Waals surface area contributed by atoms with E-state index in [2.05, 4.69) is 47.0 Å². The first-order valence-electron chi connectivity index (χ1n) is 8.41. The lowest BCUT2D eigenvalue weighted by Crippen LogP contribution is -2.24. The van der Waals surface area contributed by atoms with Gasteiger partial charge in [0.2, 0.25) is 0 Å². The van der Waals surface area contributed by atoms with Gasteiger partial charge in [-0.1, -0.05) is 26.0 Å². The molecule has 0 spiro atoms. The highest BCUT2D eigenvalue weighted by Gasteiger charge is 2.05. The Kier molecular flexibility index (Phi) is 7.90. The van der Waals surface area contributed by atoms with Crippen LogP contribution in [0.15, 0.2) is 47.6 Å². The highest BCUT2D eigenvalue weighted by atomic mass is 127. The number of carbonyl (C=O) groups is 1. The average molecular weight is 466 g/mol. The predicted octanol–water partition coefficient (Wildman–Crippen LogP) is 4.34. The second kappa shape index (κ2) is 10.2. The monoisotopic (exact) mass is 466 g/mol. The van der Waals surface area contributed by atoms with Gasteiger partial charge >= 0.3 is 0 Å². The second-order valence-electron chi connectivity index (χ2n) is 5.85. The van der Waals surface area contributed by atoms with Crippen molar-refractivity contribution >= 4 is 34.7 Å². The predicted molar refractivity (Wildman–Crippen MR) is 112 cm³/mol. The number of benzene rings is 2. The number of hydrogen-bond acceptors (Lipinski definition) is 4. The third-order valence-corrected chi connectivity index (χ3v) is 4.85. The lowest BCUT2D eigenvalue weighted by Gasteiger charge is -2.10. The molecule has 138 valence electrons. The Balaban J connectivity index is 1.80. The Morgan fingerprint density at radius 2 is 2.00 bits per heavy atom. The summed E-state index contributed by atoms with van der Waals surface area (Å²) in [7, 11) is 1.63. The van der Waals surface area contributed by atoms with Crippen molar-refractivity contribution in [2.24, 2.45) is 5.10 Å². The number of ether oxygens (including phenoxy) is 2. The fourth-order valence-corrected chi connectivity index (χ4v) is 3.01. The van der Waals surface area contributed by atoms with Crippen LogP contribution in [0.25, 0.3) is 0 Å². The smallest absolute Gasteiger partial charge is 0.277 e. The Bertz CT molecular complexity index is 760. The molecule has 26 heavy (non-hydrogen) atoms. The quantitative estimate of drug-likeness (QED) is 0.358. The first kappa shape index (κ1) is 20.2. The van der Waals surface area contributed by atoms with E-state index in [0.29, 0.717) is 11.7 Å². The largest absolute Gasteiger partial charge is 0.496 e. The van der Waals surface area contributed by atoms with Gasteiger partial charge in [-0.3, -0.25) is 4.79 Å². The standard InChI is InChI=1S/C20H23IN2O3/c1-4-14(2)16-6-8-17(9-7-16)26-13-20(24)23-22-12-15-5-10-19(25-3)18(21)11-15/h5-12,14H,4,13H2,1-3H3,(H,23,24)/b22-12-. The van der Waals surface area contributed by atoms with Gasteiger partial charge in [-0.25, -0.2) is 5.43 Å². The summed E-state index contributed by atoms with van der Waals surface area (Å²) in [6.07, 6.45) is 2.67. The summed E-state index contributed by atoms with van der Waals surface area (Å²) in [5, 5.41) is 3.95. The van der Waals surface area contributed by atoms with Crippen LogP contribution in [0.2, 0.25) is 0 Å². The zero-order chi connectivity index (χ0) is 18.9. The van der Waals surface area contributed by atoms with E-state index >= 15 is 0 Å². The number of nitrogens with one attached hydrogen (secondary N) is 1. The summed E-state index contributed by atoms with van der Waals surface area (Å²) in [6, 6.07) is 13.5. The number of methoxy groups -OCH3 is 1. The van der Waals surface area contributed by atoms with E-state index < -0.39 is 0 Å². The number of carbonyl (C=O) groups excluding carboxylic acids is 1. The first-order chi connectivity index (χ1) is 12.5. The van der Waals surface area contributed by atoms with E-state index in [1.54, 1.807) is 13.3 Å². The molecule has 1 unspecified atom stereocenters. The highest BCUT2D eigenvalue weighted by Crippen LogP contribution is 2.22. The van der Waals surface area contributed by atoms with E-state index in [4.69, 9.17) is 9.47 Å². The molecule has 0 fully saturated rings. The summed E-state index contributed by atoms with van der Waals surface area (Å²) in [4.78, 5) is 11.8. The summed E-state index contributed by atoms with van der Waals surface area (Å²) in [6.45, 7) is 4.26. The van der Waals surface area contributed by atoms with Crippen LogP contribution < -0.4 is 14.9 Å². The Morgan fingerprint density at radius 3 is 2.62 bits per heavy atom. The maximum atomic E-state index is 11.8. The van der Waals surface area contributed by atoms with Crippen molar-refractivity contribution < 1.29 is 14.3 Å². The molecule has 0 aliphatic rings. The minimum atomic E-state index is -0.310. The van der Waals surface area contributed by atoms with Gasteiger partial charge in [0.15, 0.2) is 6.61 Å². The van der Waals surface area contributed by atoms with Gasteiger partial charge in [0.1, 0.15) is 11.5 Å². The fraction of sp³-hybridized carbons (Fsp3) is 0.300. The first-order valence-corrected chi connectivity index (χ1v) is 9.49. The molecule has 1 atom stereocenters. The number of halogens is 1. The minimum Gasteiger partial charge on any atom is -0.496 e. The maximum Gasteiger partial charge on any atom is 0.277 e. The molecule has 1 amide bonds. The minimum absolute atomic E-state index is 0.0832. The van der Waals surface area contributed by atoms with Crippen molar-refractivity contribution in [1.82, 2.24) is 5.43 Å². The van der Waals surface area contributed by atoms with E-state index in [1.807, 2.05) is 42.5 Å². The van der Waals surface area contributed by atoms with Crippen LogP contribution in [-0.2, 0) is 4.79 Å². The molecule has 0 heterocycles. The van der Waals surface area contributed by atoms with Crippen LogP contribution in [0.3, 0.4) is 0 Å². The van der Waals surface area contributed by atoms with Gasteiger partial charge in [0.25, 0.3) is 5.91 Å². The van der Waals surface area contributed by atoms with E-state index in [0.717, 1.165) is 21.3 Å². The van der Waals surface area contributed by atoms with Gasteiger partial charge in [-0.15, -0.1) is 0 Å². The van der Waals surface area contributed by atoms with Gasteiger partial charge in [-0.2, -0.15) is 5.10 Å². The zero-order valence-corrected chi connectivity index (χ0v) is 17.3. The Labute approximate surface area is 167 Å². The molecule has 2 aromatic carbocycles. The lowest BCUT2D eigenvalue weighted by molar-refractivity contribution is -0.123. The van der Waals surface area contributed by atoms with E-state index in [1.165, 1.54) is 5.56 Å². The van der Waals surface area contributed by atoms with Gasteiger partial charge in [0, 0.05) is 0 Å². The average Bonchev–Trinajstić information content (AvgIpc) is 2.66. The third kappa shape index (κ3) is 6.01. The molecule has 0 bridgehead atoms. The van der Waals surface area contributed by atoms with Crippen LogP contribution in [0.5, 0.6) is 11.5 Å². The molecule has 5 nitrogen and oxygen atoms in total. The second-order valence-corrected chi connectivity index (χ2v) is 7.02. The van der Waals surface area contributed by atoms with Crippen LogP contribution in [-0.4, -0.2) is 25.8 Å². The number of amides is 1. The summed E-state index contributed by atoms with van der Waals surface area (Å²) in [5.74, 6) is 1.68. The van der Waals surface area contributed by atoms with Crippen LogP contribution in [0.4, 0.5) is 0 Å². The molecular weight excluding hydrogens is 443 g/mol. The van der Waals surface area contributed by atoms with Crippen molar-refractivity contribution in [2.45, 2.75) is 26.2 Å². The van der Waals surface area contributed by atoms with Crippen molar-refractivity contribution in [3.63, 3.8) is 0 Å². The molecule has 0 saturated heterocycles. The molecule has 0 aromatic heterocycles. The molecule has 2 aromatic rings. The summed E-state index contributed by atoms with van der Waals surface area (Å²) >= 11 is 2.19. The molecule has 0 radical (unpaired) electrons. The highest BCUT2D eigenvalue weighted by molar-refractivity contribution is 14.1. The van der Waals surface area contributed by atoms with Crippen LogP contribution in [0.1, 0.15) is 37.3 Å². The van der Waals surface area contributed by atoms with Gasteiger partial charge < -0.3 is 9.47 Å². The molecule has 0 aliphatic carbocycles. The van der Waals surface area contributed by atoms with Crippen molar-refractivity contribution in [3.8, 4) is 11.5 Å². The summed E-state index contributed by atoms with van der Waals surface area (Å²) < 4.78 is 11.7.